The molecule has 0 unspecified atom stereocenters. The molecule has 0 spiro atoms. The van der Waals surface area contributed by atoms with Gasteiger partial charge in [0.25, 0.3) is 5.91 Å². The summed E-state index contributed by atoms with van der Waals surface area (Å²) in [5.74, 6) is -0.303. The van der Waals surface area contributed by atoms with Gasteiger partial charge in [0.2, 0.25) is 0 Å². The van der Waals surface area contributed by atoms with Gasteiger partial charge < -0.3 is 14.8 Å². The highest BCUT2D eigenvalue weighted by atomic mass is 16.6. The molecule has 37 heavy (non-hydrogen) atoms. The maximum atomic E-state index is 12.9. The zero-order valence-electron chi connectivity index (χ0n) is 21.5. The molecule has 9 nitrogen and oxygen atoms in total. The Labute approximate surface area is 217 Å². The van der Waals surface area contributed by atoms with Crippen molar-refractivity contribution in [3.05, 3.63) is 66.5 Å². The standard InChI is InChI=1S/C28H33N5O4/c1-28(2,3)37-27(35)32-24-9-5-4-8-23(24)31-25(34)21-12-10-20(11-13-21)22-18-29-26(30-19-22)36-17-16-33-14-6-7-15-33/h4-5,8-13,18-19H,6-7,14-17H2,1-3H3,(H,31,34)(H,32,35). The molecule has 1 saturated heterocycles. The van der Waals surface area contributed by atoms with E-state index < -0.39 is 11.7 Å². The van der Waals surface area contributed by atoms with E-state index >= 15 is 0 Å². The van der Waals surface area contributed by atoms with Gasteiger partial charge in [-0.25, -0.2) is 14.8 Å². The fraction of sp³-hybridized carbons (Fsp3) is 0.357. The highest BCUT2D eigenvalue weighted by molar-refractivity contribution is 6.07. The molecular weight excluding hydrogens is 470 g/mol. The Balaban J connectivity index is 1.34. The first-order chi connectivity index (χ1) is 17.8. The van der Waals surface area contributed by atoms with Gasteiger partial charge in [0, 0.05) is 30.1 Å². The predicted molar refractivity (Wildman–Crippen MR) is 143 cm³/mol. The van der Waals surface area contributed by atoms with Crippen LogP contribution in [0.3, 0.4) is 0 Å². The number of nitrogens with zero attached hydrogens (tertiary/aromatic N) is 3. The Morgan fingerprint density at radius 1 is 0.892 bits per heavy atom. The topological polar surface area (TPSA) is 106 Å². The lowest BCUT2D eigenvalue weighted by Crippen LogP contribution is -2.27. The number of hydrogen-bond donors (Lipinski definition) is 2. The van der Waals surface area contributed by atoms with E-state index in [4.69, 9.17) is 9.47 Å². The molecule has 1 aliphatic heterocycles. The van der Waals surface area contributed by atoms with Gasteiger partial charge in [-0.1, -0.05) is 24.3 Å². The van der Waals surface area contributed by atoms with Gasteiger partial charge in [0.1, 0.15) is 12.2 Å². The average Bonchev–Trinajstić information content (AvgIpc) is 3.38. The molecule has 0 atom stereocenters. The lowest BCUT2D eigenvalue weighted by Gasteiger charge is -2.20. The molecule has 2 N–H and O–H groups in total. The number of likely N-dealkylation sites (tertiary alicyclic amines) is 1. The van der Waals surface area contributed by atoms with Gasteiger partial charge in [-0.15, -0.1) is 0 Å². The molecule has 2 amide bonds. The molecule has 1 fully saturated rings. The lowest BCUT2D eigenvalue weighted by atomic mass is 10.1. The van der Waals surface area contributed by atoms with Crippen molar-refractivity contribution in [1.29, 1.82) is 0 Å². The van der Waals surface area contributed by atoms with E-state index in [0.717, 1.165) is 30.8 Å². The number of rotatable bonds is 8. The summed E-state index contributed by atoms with van der Waals surface area (Å²) in [6.07, 6.45) is 5.34. The van der Waals surface area contributed by atoms with Crippen LogP contribution in [-0.4, -0.2) is 58.7 Å². The van der Waals surface area contributed by atoms with Crippen molar-refractivity contribution in [3.8, 4) is 17.1 Å². The Kier molecular flexibility index (Phi) is 8.35. The third-order valence-corrected chi connectivity index (χ3v) is 5.76. The molecule has 3 aromatic rings. The second-order valence-electron chi connectivity index (χ2n) is 9.86. The Bertz CT molecular complexity index is 1200. The van der Waals surface area contributed by atoms with Gasteiger partial charge in [-0.05, 0) is 76.5 Å². The summed E-state index contributed by atoms with van der Waals surface area (Å²) in [5, 5.41) is 5.53. The molecule has 0 aliphatic carbocycles. The highest BCUT2D eigenvalue weighted by Crippen LogP contribution is 2.24. The van der Waals surface area contributed by atoms with Gasteiger partial charge in [0.05, 0.1) is 11.4 Å². The second-order valence-corrected chi connectivity index (χ2v) is 9.86. The van der Waals surface area contributed by atoms with Crippen molar-refractivity contribution in [2.45, 2.75) is 39.2 Å². The quantitative estimate of drug-likeness (QED) is 0.434. The van der Waals surface area contributed by atoms with E-state index in [-0.39, 0.29) is 5.91 Å². The SMILES string of the molecule is CC(C)(C)OC(=O)Nc1ccccc1NC(=O)c1ccc(-c2cnc(OCCN3CCCC3)nc2)cc1. The Hall–Kier alpha value is -3.98. The van der Waals surface area contributed by atoms with Crippen molar-refractivity contribution < 1.29 is 19.1 Å². The Morgan fingerprint density at radius 3 is 2.14 bits per heavy atom. The maximum Gasteiger partial charge on any atom is 0.412 e. The summed E-state index contributed by atoms with van der Waals surface area (Å²) in [6, 6.07) is 14.5. The van der Waals surface area contributed by atoms with Crippen LogP contribution in [0.2, 0.25) is 0 Å². The fourth-order valence-corrected chi connectivity index (χ4v) is 3.94. The summed E-state index contributed by atoms with van der Waals surface area (Å²) in [4.78, 5) is 36.0. The predicted octanol–water partition coefficient (Wildman–Crippen LogP) is 5.22. The third kappa shape index (κ3) is 7.75. The minimum Gasteiger partial charge on any atom is -0.462 e. The van der Waals surface area contributed by atoms with Crippen LogP contribution in [0.5, 0.6) is 6.01 Å². The molecule has 2 aromatic carbocycles. The number of amides is 2. The molecule has 1 aromatic heterocycles. The highest BCUT2D eigenvalue weighted by Gasteiger charge is 2.18. The average molecular weight is 504 g/mol. The number of para-hydroxylation sites is 2. The van der Waals surface area contributed by atoms with E-state index in [0.29, 0.717) is 29.6 Å². The maximum absolute atomic E-state index is 12.9. The fourth-order valence-electron chi connectivity index (χ4n) is 3.94. The second kappa shape index (κ2) is 11.8. The number of ether oxygens (including phenoxy) is 2. The third-order valence-electron chi connectivity index (χ3n) is 5.76. The van der Waals surface area contributed by atoms with Crippen molar-refractivity contribution in [1.82, 2.24) is 14.9 Å². The van der Waals surface area contributed by atoms with Crippen molar-refractivity contribution >= 4 is 23.4 Å². The Morgan fingerprint density at radius 2 is 1.51 bits per heavy atom. The summed E-state index contributed by atoms with van der Waals surface area (Å²) in [6.45, 7) is 9.08. The number of carbonyl (C=O) groups excluding carboxylic acids is 2. The zero-order valence-corrected chi connectivity index (χ0v) is 21.5. The van der Waals surface area contributed by atoms with Crippen molar-refractivity contribution in [3.63, 3.8) is 0 Å². The molecular formula is C28H33N5O4. The number of aromatic nitrogens is 2. The molecule has 0 radical (unpaired) electrons. The zero-order chi connectivity index (χ0) is 26.3. The molecule has 4 rings (SSSR count). The molecule has 9 heteroatoms. The molecule has 1 aliphatic rings. The van der Waals surface area contributed by atoms with Crippen LogP contribution in [0.1, 0.15) is 44.0 Å². The van der Waals surface area contributed by atoms with Crippen LogP contribution in [-0.2, 0) is 4.74 Å². The summed E-state index contributed by atoms with van der Waals surface area (Å²) >= 11 is 0. The largest absolute Gasteiger partial charge is 0.462 e. The van der Waals surface area contributed by atoms with Crippen LogP contribution in [0.25, 0.3) is 11.1 Å². The van der Waals surface area contributed by atoms with Gasteiger partial charge >= 0.3 is 12.1 Å². The number of anilines is 2. The van der Waals surface area contributed by atoms with Crippen molar-refractivity contribution in [2.75, 3.05) is 36.9 Å². The van der Waals surface area contributed by atoms with Gasteiger partial charge in [-0.2, -0.15) is 0 Å². The van der Waals surface area contributed by atoms with Crippen LogP contribution < -0.4 is 15.4 Å². The molecule has 0 bridgehead atoms. The summed E-state index contributed by atoms with van der Waals surface area (Å²) in [5.41, 5.74) is 2.46. The minimum atomic E-state index is -0.629. The van der Waals surface area contributed by atoms with Crippen LogP contribution in [0.4, 0.5) is 16.2 Å². The number of carbonyl (C=O) groups is 2. The van der Waals surface area contributed by atoms with Crippen LogP contribution in [0.15, 0.2) is 60.9 Å². The summed E-state index contributed by atoms with van der Waals surface area (Å²) in [7, 11) is 0. The molecule has 194 valence electrons. The van der Waals surface area contributed by atoms with E-state index in [1.165, 1.54) is 12.8 Å². The number of nitrogens with one attached hydrogen (secondary N) is 2. The van der Waals surface area contributed by atoms with Gasteiger partial charge in [0.15, 0.2) is 0 Å². The smallest absolute Gasteiger partial charge is 0.412 e. The van der Waals surface area contributed by atoms with E-state index in [9.17, 15) is 9.59 Å². The van der Waals surface area contributed by atoms with Crippen LogP contribution >= 0.6 is 0 Å². The summed E-state index contributed by atoms with van der Waals surface area (Å²) < 4.78 is 11.0. The molecule has 0 saturated carbocycles. The van der Waals surface area contributed by atoms with Crippen molar-refractivity contribution in [2.24, 2.45) is 0 Å². The molecule has 2 heterocycles. The minimum absolute atomic E-state index is 0.303. The number of hydrogen-bond acceptors (Lipinski definition) is 7. The van der Waals surface area contributed by atoms with E-state index in [1.54, 1.807) is 69.6 Å². The lowest BCUT2D eigenvalue weighted by molar-refractivity contribution is 0.0635. The first kappa shape index (κ1) is 26.1. The van der Waals surface area contributed by atoms with E-state index in [2.05, 4.69) is 25.5 Å². The first-order valence-corrected chi connectivity index (χ1v) is 12.4. The monoisotopic (exact) mass is 503 g/mol. The van der Waals surface area contributed by atoms with Crippen LogP contribution in [0, 0.1) is 0 Å². The van der Waals surface area contributed by atoms with E-state index in [1.807, 2.05) is 12.1 Å². The normalized spacial score (nSPS) is 13.7. The number of benzene rings is 2. The van der Waals surface area contributed by atoms with Gasteiger partial charge in [-0.3, -0.25) is 15.0 Å². The first-order valence-electron chi connectivity index (χ1n) is 12.4.